The third-order valence-electron chi connectivity index (χ3n) is 4.77. The highest BCUT2D eigenvalue weighted by Gasteiger charge is 2.57. The van der Waals surface area contributed by atoms with Crippen LogP contribution in [0.4, 0.5) is 5.69 Å². The van der Waals surface area contributed by atoms with Gasteiger partial charge in [0.1, 0.15) is 5.41 Å². The minimum atomic E-state index is -0.854. The fourth-order valence-corrected chi connectivity index (χ4v) is 3.01. The molecule has 4 heteroatoms. The number of nitrogens with one attached hydrogen (secondary N) is 1. The van der Waals surface area contributed by atoms with Gasteiger partial charge in [-0.1, -0.05) is 52.3 Å². The van der Waals surface area contributed by atoms with Crippen LogP contribution < -0.4 is 5.32 Å². The molecular formula is C20H30N2O2. The number of amides is 2. The average Bonchev–Trinajstić information content (AvgIpc) is 3.33. The van der Waals surface area contributed by atoms with E-state index in [-0.39, 0.29) is 17.2 Å². The number of rotatable bonds is 6. The van der Waals surface area contributed by atoms with E-state index < -0.39 is 5.41 Å². The molecule has 1 aromatic carbocycles. The molecule has 1 N–H and O–H groups in total. The van der Waals surface area contributed by atoms with Gasteiger partial charge in [0.15, 0.2) is 0 Å². The van der Waals surface area contributed by atoms with Gasteiger partial charge in [-0.25, -0.2) is 0 Å². The molecule has 2 amide bonds. The van der Waals surface area contributed by atoms with E-state index in [1.165, 1.54) is 0 Å². The highest BCUT2D eigenvalue weighted by Crippen LogP contribution is 2.48. The van der Waals surface area contributed by atoms with Crippen LogP contribution in [0.25, 0.3) is 0 Å². The molecule has 0 saturated heterocycles. The lowest BCUT2D eigenvalue weighted by Crippen LogP contribution is -2.41. The first-order valence-electron chi connectivity index (χ1n) is 8.89. The molecule has 1 saturated carbocycles. The SMILES string of the molecule is CCCCN(C)C(=O)C1(C(=O)Nc2ccccc2C(C)(C)C)CC1. The number of carbonyl (C=O) groups excluding carboxylic acids is 2. The lowest BCUT2D eigenvalue weighted by Gasteiger charge is -2.26. The van der Waals surface area contributed by atoms with Crippen LogP contribution in [0.1, 0.15) is 58.9 Å². The number of nitrogens with zero attached hydrogens (tertiary/aromatic N) is 1. The van der Waals surface area contributed by atoms with Crippen molar-refractivity contribution < 1.29 is 9.59 Å². The molecule has 0 aliphatic heterocycles. The molecule has 0 aromatic heterocycles. The molecule has 24 heavy (non-hydrogen) atoms. The van der Waals surface area contributed by atoms with E-state index >= 15 is 0 Å². The molecule has 2 rings (SSSR count). The number of para-hydroxylation sites is 1. The number of hydrogen-bond acceptors (Lipinski definition) is 2. The predicted molar refractivity (Wildman–Crippen MR) is 98.0 cm³/mol. The molecule has 0 heterocycles. The standard InChI is InChI=1S/C20H30N2O2/c1-6-7-14-22(5)18(24)20(12-13-20)17(23)21-16-11-9-8-10-15(16)19(2,3)4/h8-11H,6-7,12-14H2,1-5H3,(H,21,23). The Kier molecular flexibility index (Phi) is 5.36. The third kappa shape index (κ3) is 3.80. The summed E-state index contributed by atoms with van der Waals surface area (Å²) in [4.78, 5) is 27.3. The largest absolute Gasteiger partial charge is 0.345 e. The summed E-state index contributed by atoms with van der Waals surface area (Å²) in [5, 5.41) is 3.03. The first-order valence-corrected chi connectivity index (χ1v) is 8.89. The highest BCUT2D eigenvalue weighted by molar-refractivity contribution is 6.13. The van der Waals surface area contributed by atoms with Gasteiger partial charge in [-0.2, -0.15) is 0 Å². The number of hydrogen-bond donors (Lipinski definition) is 1. The maximum atomic E-state index is 12.8. The smallest absolute Gasteiger partial charge is 0.240 e. The van der Waals surface area contributed by atoms with E-state index in [1.54, 1.807) is 11.9 Å². The highest BCUT2D eigenvalue weighted by atomic mass is 16.2. The molecule has 0 atom stereocenters. The summed E-state index contributed by atoms with van der Waals surface area (Å²) in [5.74, 6) is -0.200. The van der Waals surface area contributed by atoms with Crippen LogP contribution in [0.5, 0.6) is 0 Å². The molecule has 132 valence electrons. The second-order valence-corrected chi connectivity index (χ2v) is 7.91. The van der Waals surface area contributed by atoms with Crippen molar-refractivity contribution in [1.82, 2.24) is 4.90 Å². The Bertz CT molecular complexity index is 612. The average molecular weight is 330 g/mol. The summed E-state index contributed by atoms with van der Waals surface area (Å²) >= 11 is 0. The Balaban J connectivity index is 2.14. The third-order valence-corrected chi connectivity index (χ3v) is 4.77. The van der Waals surface area contributed by atoms with Gasteiger partial charge < -0.3 is 10.2 Å². The first kappa shape index (κ1) is 18.5. The summed E-state index contributed by atoms with van der Waals surface area (Å²) in [6.45, 7) is 9.17. The van der Waals surface area contributed by atoms with Gasteiger partial charge in [0.2, 0.25) is 11.8 Å². The fourth-order valence-electron chi connectivity index (χ4n) is 3.01. The van der Waals surface area contributed by atoms with Crippen molar-refractivity contribution >= 4 is 17.5 Å². The Hall–Kier alpha value is -1.84. The number of anilines is 1. The van der Waals surface area contributed by atoms with Crippen LogP contribution in [0.15, 0.2) is 24.3 Å². The topological polar surface area (TPSA) is 49.4 Å². The van der Waals surface area contributed by atoms with Gasteiger partial charge >= 0.3 is 0 Å². The van der Waals surface area contributed by atoms with Gasteiger partial charge in [-0.15, -0.1) is 0 Å². The zero-order valence-corrected chi connectivity index (χ0v) is 15.6. The summed E-state index contributed by atoms with van der Waals surface area (Å²) in [5.41, 5.74) is 0.974. The van der Waals surface area contributed by atoms with Crippen molar-refractivity contribution in [2.24, 2.45) is 5.41 Å². The summed E-state index contributed by atoms with van der Waals surface area (Å²) < 4.78 is 0. The molecule has 4 nitrogen and oxygen atoms in total. The van der Waals surface area contributed by atoms with Crippen molar-refractivity contribution in [1.29, 1.82) is 0 Å². The van der Waals surface area contributed by atoms with Crippen molar-refractivity contribution in [2.75, 3.05) is 18.9 Å². The summed E-state index contributed by atoms with van der Waals surface area (Å²) in [6, 6.07) is 7.84. The van der Waals surface area contributed by atoms with Crippen molar-refractivity contribution in [3.63, 3.8) is 0 Å². The minimum Gasteiger partial charge on any atom is -0.345 e. The van der Waals surface area contributed by atoms with E-state index in [9.17, 15) is 9.59 Å². The van der Waals surface area contributed by atoms with Crippen LogP contribution >= 0.6 is 0 Å². The van der Waals surface area contributed by atoms with Crippen LogP contribution in [0.2, 0.25) is 0 Å². The molecule has 1 aliphatic carbocycles. The molecule has 1 aliphatic rings. The van der Waals surface area contributed by atoms with Gasteiger partial charge in [0.25, 0.3) is 0 Å². The second kappa shape index (κ2) is 6.96. The maximum absolute atomic E-state index is 12.8. The number of unbranched alkanes of at least 4 members (excludes halogenated alkanes) is 1. The van der Waals surface area contributed by atoms with Gasteiger partial charge in [0.05, 0.1) is 0 Å². The molecule has 0 unspecified atom stereocenters. The fraction of sp³-hybridized carbons (Fsp3) is 0.600. The van der Waals surface area contributed by atoms with Crippen LogP contribution in [-0.2, 0) is 15.0 Å². The maximum Gasteiger partial charge on any atom is 0.240 e. The molecule has 1 fully saturated rings. The van der Waals surface area contributed by atoms with Crippen LogP contribution in [0.3, 0.4) is 0 Å². The summed E-state index contributed by atoms with van der Waals surface area (Å²) in [7, 11) is 1.80. The van der Waals surface area contributed by atoms with Crippen molar-refractivity contribution in [2.45, 2.75) is 58.8 Å². The molecule has 1 aromatic rings. The van der Waals surface area contributed by atoms with E-state index in [0.29, 0.717) is 19.4 Å². The van der Waals surface area contributed by atoms with Gasteiger partial charge in [-0.3, -0.25) is 9.59 Å². The lowest BCUT2D eigenvalue weighted by atomic mass is 9.85. The van der Waals surface area contributed by atoms with Crippen molar-refractivity contribution in [3.05, 3.63) is 29.8 Å². The van der Waals surface area contributed by atoms with Crippen LogP contribution in [0, 0.1) is 5.41 Å². The lowest BCUT2D eigenvalue weighted by molar-refractivity contribution is -0.141. The van der Waals surface area contributed by atoms with E-state index in [1.807, 2.05) is 24.3 Å². The second-order valence-electron chi connectivity index (χ2n) is 7.91. The summed E-state index contributed by atoms with van der Waals surface area (Å²) in [6.07, 6.45) is 3.29. The number of benzene rings is 1. The first-order chi connectivity index (χ1) is 11.2. The monoisotopic (exact) mass is 330 g/mol. The van der Waals surface area contributed by atoms with Crippen LogP contribution in [-0.4, -0.2) is 30.3 Å². The molecule has 0 bridgehead atoms. The Morgan fingerprint density at radius 2 is 1.83 bits per heavy atom. The quantitative estimate of drug-likeness (QED) is 0.803. The normalized spacial score (nSPS) is 15.7. The zero-order chi connectivity index (χ0) is 18.0. The van der Waals surface area contributed by atoms with Gasteiger partial charge in [0, 0.05) is 19.3 Å². The van der Waals surface area contributed by atoms with E-state index in [4.69, 9.17) is 0 Å². The van der Waals surface area contributed by atoms with E-state index in [2.05, 4.69) is 33.0 Å². The Labute approximate surface area is 145 Å². The molecule has 0 radical (unpaired) electrons. The van der Waals surface area contributed by atoms with Crippen molar-refractivity contribution in [3.8, 4) is 0 Å². The minimum absolute atomic E-state index is 0.0401. The van der Waals surface area contributed by atoms with Gasteiger partial charge in [-0.05, 0) is 36.3 Å². The molecular weight excluding hydrogens is 300 g/mol. The number of carbonyl (C=O) groups is 2. The predicted octanol–water partition coefficient (Wildman–Crippen LogP) is 3.96. The zero-order valence-electron chi connectivity index (χ0n) is 15.6. The van der Waals surface area contributed by atoms with E-state index in [0.717, 1.165) is 24.1 Å². The molecule has 0 spiro atoms. The Morgan fingerprint density at radius 3 is 2.38 bits per heavy atom. The Morgan fingerprint density at radius 1 is 1.21 bits per heavy atom.